The van der Waals surface area contributed by atoms with Gasteiger partial charge in [0.25, 0.3) is 0 Å². The summed E-state index contributed by atoms with van der Waals surface area (Å²) in [5.41, 5.74) is 2.27. The van der Waals surface area contributed by atoms with Crippen LogP contribution < -0.4 is 5.32 Å². The van der Waals surface area contributed by atoms with Crippen molar-refractivity contribution in [2.24, 2.45) is 7.05 Å². The third-order valence-electron chi connectivity index (χ3n) is 3.36. The Kier molecular flexibility index (Phi) is 4.18. The number of hydrogen-bond donors (Lipinski definition) is 1. The van der Waals surface area contributed by atoms with Crippen LogP contribution in [0.5, 0.6) is 0 Å². The first-order valence-electron chi connectivity index (χ1n) is 6.64. The first kappa shape index (κ1) is 14.7. The van der Waals surface area contributed by atoms with Gasteiger partial charge in [-0.1, -0.05) is 19.1 Å². The summed E-state index contributed by atoms with van der Waals surface area (Å²) < 4.78 is 29.7. The fraction of sp³-hybridized carbons (Fsp3) is 0.400. The van der Waals surface area contributed by atoms with Gasteiger partial charge in [-0.15, -0.1) is 0 Å². The molecule has 0 aliphatic carbocycles. The Morgan fingerprint density at radius 3 is 2.50 bits per heavy atom. The molecule has 0 fully saturated rings. The van der Waals surface area contributed by atoms with Crippen molar-refractivity contribution < 1.29 is 8.78 Å². The zero-order chi connectivity index (χ0) is 14.9. The lowest BCUT2D eigenvalue weighted by molar-refractivity contribution is 0.472. The second-order valence-electron chi connectivity index (χ2n) is 4.92. The minimum absolute atomic E-state index is 0.304. The maximum absolute atomic E-state index is 14.2. The van der Waals surface area contributed by atoms with E-state index in [9.17, 15) is 8.78 Å². The molecule has 2 aromatic rings. The molecular weight excluding hydrogens is 260 g/mol. The van der Waals surface area contributed by atoms with Gasteiger partial charge in [0.1, 0.15) is 0 Å². The summed E-state index contributed by atoms with van der Waals surface area (Å²) >= 11 is 0. The fourth-order valence-electron chi connectivity index (χ4n) is 2.36. The average molecular weight is 279 g/mol. The van der Waals surface area contributed by atoms with Crippen LogP contribution >= 0.6 is 0 Å². The zero-order valence-electron chi connectivity index (χ0n) is 12.2. The van der Waals surface area contributed by atoms with E-state index in [4.69, 9.17) is 0 Å². The molecule has 0 radical (unpaired) electrons. The molecule has 20 heavy (non-hydrogen) atoms. The highest BCUT2D eigenvalue weighted by Crippen LogP contribution is 2.27. The second kappa shape index (κ2) is 5.71. The van der Waals surface area contributed by atoms with Crippen LogP contribution in [0.1, 0.15) is 35.5 Å². The second-order valence-corrected chi connectivity index (χ2v) is 4.92. The number of aromatic nitrogens is 2. The molecule has 0 aliphatic heterocycles. The quantitative estimate of drug-likeness (QED) is 0.932. The van der Waals surface area contributed by atoms with Crippen LogP contribution in [0.3, 0.4) is 0 Å². The van der Waals surface area contributed by atoms with E-state index in [0.717, 1.165) is 11.4 Å². The van der Waals surface area contributed by atoms with E-state index in [1.165, 1.54) is 0 Å². The lowest BCUT2D eigenvalue weighted by Crippen LogP contribution is -2.25. The largest absolute Gasteiger partial charge is 0.305 e. The predicted molar refractivity (Wildman–Crippen MR) is 74.6 cm³/mol. The van der Waals surface area contributed by atoms with Crippen molar-refractivity contribution in [2.45, 2.75) is 26.8 Å². The standard InChI is InChI=1S/C15H19F2N3/c1-5-18-15(12-8-10(3)19-20(12)4)11-7-6-9(2)13(16)14(11)17/h6-8,15,18H,5H2,1-4H3. The lowest BCUT2D eigenvalue weighted by atomic mass is 10.0. The van der Waals surface area contributed by atoms with Crippen molar-refractivity contribution in [3.63, 3.8) is 0 Å². The van der Waals surface area contributed by atoms with Crippen molar-refractivity contribution in [3.8, 4) is 0 Å². The molecule has 0 saturated heterocycles. The molecule has 1 heterocycles. The molecule has 1 aromatic carbocycles. The molecule has 0 spiro atoms. The maximum Gasteiger partial charge on any atom is 0.164 e. The number of hydrogen-bond acceptors (Lipinski definition) is 2. The SMILES string of the molecule is CCNC(c1ccc(C)c(F)c1F)c1cc(C)nn1C. The summed E-state index contributed by atoms with van der Waals surface area (Å²) in [4.78, 5) is 0. The van der Waals surface area contributed by atoms with Gasteiger partial charge in [-0.25, -0.2) is 8.78 Å². The van der Waals surface area contributed by atoms with Gasteiger partial charge >= 0.3 is 0 Å². The van der Waals surface area contributed by atoms with E-state index in [0.29, 0.717) is 17.7 Å². The Morgan fingerprint density at radius 1 is 1.25 bits per heavy atom. The Balaban J connectivity index is 2.54. The van der Waals surface area contributed by atoms with Gasteiger partial charge in [0, 0.05) is 12.6 Å². The lowest BCUT2D eigenvalue weighted by Gasteiger charge is -2.20. The molecule has 108 valence electrons. The summed E-state index contributed by atoms with van der Waals surface area (Å²) in [6, 6.07) is 4.69. The molecule has 0 bridgehead atoms. The highest BCUT2D eigenvalue weighted by Gasteiger charge is 2.23. The molecule has 1 atom stereocenters. The topological polar surface area (TPSA) is 29.9 Å². The van der Waals surface area contributed by atoms with Crippen molar-refractivity contribution in [1.29, 1.82) is 0 Å². The van der Waals surface area contributed by atoms with Crippen LogP contribution in [-0.4, -0.2) is 16.3 Å². The van der Waals surface area contributed by atoms with Gasteiger partial charge in [0.05, 0.1) is 17.4 Å². The van der Waals surface area contributed by atoms with Gasteiger partial charge in [-0.2, -0.15) is 5.10 Å². The van der Waals surface area contributed by atoms with Gasteiger partial charge in [0.2, 0.25) is 0 Å². The molecule has 1 aromatic heterocycles. The molecule has 0 saturated carbocycles. The normalized spacial score (nSPS) is 12.7. The number of halogens is 2. The predicted octanol–water partition coefficient (Wildman–Crippen LogP) is 3.01. The van der Waals surface area contributed by atoms with Crippen LogP contribution in [0.2, 0.25) is 0 Å². The number of aryl methyl sites for hydroxylation is 3. The van der Waals surface area contributed by atoms with Gasteiger partial charge in [-0.3, -0.25) is 4.68 Å². The van der Waals surface area contributed by atoms with Crippen LogP contribution in [0.4, 0.5) is 8.78 Å². The number of rotatable bonds is 4. The molecule has 3 nitrogen and oxygen atoms in total. The Morgan fingerprint density at radius 2 is 1.95 bits per heavy atom. The maximum atomic E-state index is 14.2. The molecule has 5 heteroatoms. The average Bonchev–Trinajstić information content (AvgIpc) is 2.73. The van der Waals surface area contributed by atoms with Crippen LogP contribution in [-0.2, 0) is 7.05 Å². The first-order chi connectivity index (χ1) is 9.45. The van der Waals surface area contributed by atoms with Crippen molar-refractivity contribution >= 4 is 0 Å². The first-order valence-corrected chi connectivity index (χ1v) is 6.64. The molecular formula is C15H19F2N3. The van der Waals surface area contributed by atoms with E-state index in [2.05, 4.69) is 10.4 Å². The van der Waals surface area contributed by atoms with Gasteiger partial charge in [0.15, 0.2) is 11.6 Å². The molecule has 2 rings (SSSR count). The Labute approximate surface area is 117 Å². The third kappa shape index (κ3) is 2.58. The summed E-state index contributed by atoms with van der Waals surface area (Å²) in [5, 5.41) is 7.46. The summed E-state index contributed by atoms with van der Waals surface area (Å²) in [7, 11) is 1.80. The van der Waals surface area contributed by atoms with Gasteiger partial charge in [-0.05, 0) is 32.0 Å². The minimum Gasteiger partial charge on any atom is -0.305 e. The van der Waals surface area contributed by atoms with Crippen LogP contribution in [0.15, 0.2) is 18.2 Å². The Hall–Kier alpha value is -1.75. The van der Waals surface area contributed by atoms with E-state index >= 15 is 0 Å². The fourth-order valence-corrected chi connectivity index (χ4v) is 2.36. The Bertz CT molecular complexity index is 620. The van der Waals surface area contributed by atoms with Crippen molar-refractivity contribution in [3.05, 3.63) is 52.3 Å². The monoisotopic (exact) mass is 279 g/mol. The van der Waals surface area contributed by atoms with Crippen molar-refractivity contribution in [1.82, 2.24) is 15.1 Å². The summed E-state index contributed by atoms with van der Waals surface area (Å²) in [6.45, 7) is 6.00. The molecule has 1 N–H and O–H groups in total. The van der Waals surface area contributed by atoms with Gasteiger partial charge < -0.3 is 5.32 Å². The number of benzene rings is 1. The number of nitrogens with one attached hydrogen (secondary N) is 1. The highest BCUT2D eigenvalue weighted by atomic mass is 19.2. The third-order valence-corrected chi connectivity index (χ3v) is 3.36. The smallest absolute Gasteiger partial charge is 0.164 e. The van der Waals surface area contributed by atoms with E-state index < -0.39 is 17.7 Å². The molecule has 1 unspecified atom stereocenters. The van der Waals surface area contributed by atoms with Crippen LogP contribution in [0.25, 0.3) is 0 Å². The summed E-state index contributed by atoms with van der Waals surface area (Å²) in [6.07, 6.45) is 0. The summed E-state index contributed by atoms with van der Waals surface area (Å²) in [5.74, 6) is -1.58. The zero-order valence-corrected chi connectivity index (χ0v) is 12.2. The molecule has 0 aliphatic rings. The minimum atomic E-state index is -0.796. The van der Waals surface area contributed by atoms with E-state index in [1.807, 2.05) is 19.9 Å². The van der Waals surface area contributed by atoms with Crippen LogP contribution in [0, 0.1) is 25.5 Å². The van der Waals surface area contributed by atoms with E-state index in [1.54, 1.807) is 30.8 Å². The van der Waals surface area contributed by atoms with E-state index in [-0.39, 0.29) is 0 Å². The molecule has 0 amide bonds. The number of nitrogens with zero attached hydrogens (tertiary/aromatic N) is 2. The van der Waals surface area contributed by atoms with Crippen molar-refractivity contribution in [2.75, 3.05) is 6.54 Å². The highest BCUT2D eigenvalue weighted by molar-refractivity contribution is 5.33.